The van der Waals surface area contributed by atoms with Crippen molar-refractivity contribution >= 4 is 44.2 Å². The lowest BCUT2D eigenvalue weighted by Crippen LogP contribution is -2.33. The quantitative estimate of drug-likeness (QED) is 0.591. The lowest BCUT2D eigenvalue weighted by Gasteiger charge is -2.19. The van der Waals surface area contributed by atoms with Gasteiger partial charge in [0, 0.05) is 12.6 Å². The first-order chi connectivity index (χ1) is 12.9. The molecule has 0 aliphatic heterocycles. The van der Waals surface area contributed by atoms with E-state index in [1.165, 1.54) is 11.3 Å². The molecule has 0 aliphatic carbocycles. The van der Waals surface area contributed by atoms with Crippen molar-refractivity contribution in [3.63, 3.8) is 0 Å². The summed E-state index contributed by atoms with van der Waals surface area (Å²) >= 11 is 7.68. The molecule has 27 heavy (non-hydrogen) atoms. The van der Waals surface area contributed by atoms with Crippen molar-refractivity contribution in [1.82, 2.24) is 15.0 Å². The first-order valence-corrected chi connectivity index (χ1v) is 9.63. The van der Waals surface area contributed by atoms with Crippen LogP contribution >= 0.6 is 22.9 Å². The molecule has 0 aliphatic rings. The van der Waals surface area contributed by atoms with Crippen LogP contribution < -0.4 is 9.64 Å². The summed E-state index contributed by atoms with van der Waals surface area (Å²) in [6, 6.07) is 5.16. The molecule has 2 heterocycles. The Bertz CT molecular complexity index is 953. The highest BCUT2D eigenvalue weighted by Gasteiger charge is 2.25. The Labute approximate surface area is 166 Å². The molecule has 1 amide bonds. The molecule has 0 saturated heterocycles. The van der Waals surface area contributed by atoms with E-state index in [-0.39, 0.29) is 11.7 Å². The number of carbonyl (C=O) groups excluding carboxylic acids is 1. The maximum Gasteiger partial charge on any atom is 0.298 e. The van der Waals surface area contributed by atoms with Crippen molar-refractivity contribution in [2.45, 2.75) is 13.3 Å². The third-order valence-corrected chi connectivity index (χ3v) is 5.51. The zero-order valence-electron chi connectivity index (χ0n) is 15.7. The number of hydrogen-bond acceptors (Lipinski definition) is 7. The second-order valence-corrected chi connectivity index (χ2v) is 7.75. The van der Waals surface area contributed by atoms with Gasteiger partial charge in [0.25, 0.3) is 5.91 Å². The Kier molecular flexibility index (Phi) is 5.98. The fourth-order valence-corrected chi connectivity index (χ4v) is 3.93. The molecule has 0 N–H and O–H groups in total. The molecule has 0 fully saturated rings. The zero-order valence-corrected chi connectivity index (χ0v) is 17.2. The minimum absolute atomic E-state index is 0.190. The van der Waals surface area contributed by atoms with E-state index in [1.807, 2.05) is 14.1 Å². The number of fused-ring (bicyclic) bond motifs is 1. The van der Waals surface area contributed by atoms with E-state index < -0.39 is 0 Å². The number of aromatic nitrogens is 2. The maximum atomic E-state index is 13.0. The highest BCUT2D eigenvalue weighted by Crippen LogP contribution is 2.39. The van der Waals surface area contributed by atoms with Crippen LogP contribution in [0.25, 0.3) is 10.2 Å². The van der Waals surface area contributed by atoms with Gasteiger partial charge in [0.1, 0.15) is 11.3 Å². The van der Waals surface area contributed by atoms with Crippen LogP contribution in [-0.4, -0.2) is 55.2 Å². The molecule has 0 unspecified atom stereocenters. The number of amides is 1. The number of nitrogens with zero attached hydrogens (tertiary/aromatic N) is 4. The van der Waals surface area contributed by atoms with Crippen molar-refractivity contribution in [3.8, 4) is 5.75 Å². The first-order valence-electron chi connectivity index (χ1n) is 8.43. The highest BCUT2D eigenvalue weighted by atomic mass is 35.5. The lowest BCUT2D eigenvalue weighted by atomic mass is 10.3. The molecule has 0 saturated carbocycles. The molecule has 7 nitrogen and oxygen atoms in total. The molecule has 3 rings (SSSR count). The topological polar surface area (TPSA) is 71.7 Å². The molecule has 0 spiro atoms. The molecule has 2 aromatic heterocycles. The van der Waals surface area contributed by atoms with Crippen LogP contribution in [0.1, 0.15) is 22.7 Å². The van der Waals surface area contributed by atoms with Gasteiger partial charge in [-0.1, -0.05) is 28.1 Å². The van der Waals surface area contributed by atoms with Crippen LogP contribution in [0, 0.1) is 6.92 Å². The Balaban J connectivity index is 2.00. The number of thiazole rings is 1. The van der Waals surface area contributed by atoms with Gasteiger partial charge >= 0.3 is 0 Å². The largest absolute Gasteiger partial charge is 0.494 e. The molecule has 3 aromatic rings. The summed E-state index contributed by atoms with van der Waals surface area (Å²) in [6.07, 6.45) is 0.784. The first kappa shape index (κ1) is 19.6. The average Bonchev–Trinajstić information content (AvgIpc) is 3.25. The predicted octanol–water partition coefficient (Wildman–Crippen LogP) is 3.85. The molecule has 144 valence electrons. The number of halogens is 1. The van der Waals surface area contributed by atoms with Gasteiger partial charge in [0.2, 0.25) is 5.76 Å². The number of ether oxygens (including phenoxy) is 1. The van der Waals surface area contributed by atoms with E-state index in [4.69, 9.17) is 20.9 Å². The van der Waals surface area contributed by atoms with Gasteiger partial charge in [0.15, 0.2) is 5.13 Å². The summed E-state index contributed by atoms with van der Waals surface area (Å²) in [5, 5.41) is 4.94. The Morgan fingerprint density at radius 1 is 1.33 bits per heavy atom. The van der Waals surface area contributed by atoms with Gasteiger partial charge in [-0.25, -0.2) is 4.98 Å². The molecule has 0 radical (unpaired) electrons. The minimum Gasteiger partial charge on any atom is -0.494 e. The summed E-state index contributed by atoms with van der Waals surface area (Å²) in [5.41, 5.74) is 1.30. The molecule has 0 atom stereocenters. The average molecular weight is 409 g/mol. The van der Waals surface area contributed by atoms with Crippen molar-refractivity contribution in [2.24, 2.45) is 0 Å². The van der Waals surface area contributed by atoms with Crippen LogP contribution in [0.15, 0.2) is 22.7 Å². The van der Waals surface area contributed by atoms with Crippen molar-refractivity contribution in [2.75, 3.05) is 39.2 Å². The fraction of sp³-hybridized carbons (Fsp3) is 0.389. The van der Waals surface area contributed by atoms with E-state index in [2.05, 4.69) is 15.0 Å². The number of rotatable bonds is 7. The molecular formula is C18H21ClN4O3S. The van der Waals surface area contributed by atoms with Gasteiger partial charge in [-0.05, 0) is 46.1 Å². The monoisotopic (exact) mass is 408 g/mol. The van der Waals surface area contributed by atoms with E-state index in [0.717, 1.165) is 17.7 Å². The summed E-state index contributed by atoms with van der Waals surface area (Å²) in [7, 11) is 5.57. The highest BCUT2D eigenvalue weighted by molar-refractivity contribution is 7.23. The molecule has 9 heteroatoms. The van der Waals surface area contributed by atoms with Crippen LogP contribution in [0.2, 0.25) is 5.02 Å². The summed E-state index contributed by atoms with van der Waals surface area (Å²) in [6.45, 7) is 3.11. The Morgan fingerprint density at radius 2 is 2.11 bits per heavy atom. The molecule has 0 bridgehead atoms. The van der Waals surface area contributed by atoms with Crippen LogP contribution in [-0.2, 0) is 0 Å². The smallest absolute Gasteiger partial charge is 0.298 e. The Morgan fingerprint density at radius 3 is 2.74 bits per heavy atom. The lowest BCUT2D eigenvalue weighted by molar-refractivity contribution is 0.0950. The van der Waals surface area contributed by atoms with Gasteiger partial charge in [0.05, 0.1) is 22.5 Å². The van der Waals surface area contributed by atoms with Gasteiger partial charge in [-0.15, -0.1) is 0 Å². The van der Waals surface area contributed by atoms with Crippen LogP contribution in [0.4, 0.5) is 5.13 Å². The van der Waals surface area contributed by atoms with E-state index in [1.54, 1.807) is 37.1 Å². The minimum atomic E-state index is -0.275. The summed E-state index contributed by atoms with van der Waals surface area (Å²) in [5.74, 6) is 0.534. The Hall–Kier alpha value is -2.16. The maximum absolute atomic E-state index is 13.0. The number of anilines is 1. The van der Waals surface area contributed by atoms with Gasteiger partial charge < -0.3 is 14.2 Å². The number of methoxy groups -OCH3 is 1. The third kappa shape index (κ3) is 4.23. The summed E-state index contributed by atoms with van der Waals surface area (Å²) in [4.78, 5) is 21.3. The van der Waals surface area contributed by atoms with Gasteiger partial charge in [-0.2, -0.15) is 0 Å². The molecule has 1 aromatic carbocycles. The van der Waals surface area contributed by atoms with E-state index in [9.17, 15) is 4.79 Å². The van der Waals surface area contributed by atoms with Crippen LogP contribution in [0.5, 0.6) is 5.75 Å². The molecular weight excluding hydrogens is 388 g/mol. The van der Waals surface area contributed by atoms with E-state index in [0.29, 0.717) is 33.7 Å². The second kappa shape index (κ2) is 8.24. The number of hydrogen-bond donors (Lipinski definition) is 0. The number of aryl methyl sites for hydroxylation is 1. The fourth-order valence-electron chi connectivity index (χ4n) is 2.65. The standard InChI is InChI=1S/C18H21ClN4O3S/c1-11-10-14(26-21-11)17(24)23(9-5-8-22(2)3)18-20-15-13(25-4)7-6-12(19)16(15)27-18/h6-7,10H,5,8-9H2,1-4H3. The number of carbonyl (C=O) groups is 1. The van der Waals surface area contributed by atoms with Crippen molar-refractivity contribution < 1.29 is 14.1 Å². The normalized spacial score (nSPS) is 11.3. The predicted molar refractivity (Wildman–Crippen MR) is 107 cm³/mol. The van der Waals surface area contributed by atoms with E-state index >= 15 is 0 Å². The van der Waals surface area contributed by atoms with Gasteiger partial charge in [-0.3, -0.25) is 9.69 Å². The SMILES string of the molecule is COc1ccc(Cl)c2sc(N(CCCN(C)C)C(=O)c3cc(C)no3)nc12. The third-order valence-electron chi connectivity index (χ3n) is 3.97. The zero-order chi connectivity index (χ0) is 19.6. The van der Waals surface area contributed by atoms with Crippen LogP contribution in [0.3, 0.4) is 0 Å². The number of benzene rings is 1. The second-order valence-electron chi connectivity index (χ2n) is 6.37. The summed E-state index contributed by atoms with van der Waals surface area (Å²) < 4.78 is 11.3. The van der Waals surface area contributed by atoms with Crippen molar-refractivity contribution in [1.29, 1.82) is 0 Å². The van der Waals surface area contributed by atoms with Crippen molar-refractivity contribution in [3.05, 3.63) is 34.7 Å².